The third-order valence-electron chi connectivity index (χ3n) is 4.61. The number of aromatic carboxylic acids is 1. The number of hydrogen-bond donors (Lipinski definition) is 2. The van der Waals surface area contributed by atoms with E-state index in [1.165, 1.54) is 30.6 Å². The van der Waals surface area contributed by atoms with Crippen LogP contribution in [-0.4, -0.2) is 57.9 Å². The van der Waals surface area contributed by atoms with E-state index in [0.29, 0.717) is 18.9 Å². The molecule has 1 aliphatic heterocycles. The lowest BCUT2D eigenvalue weighted by Crippen LogP contribution is -2.36. The topological polar surface area (TPSA) is 118 Å². The van der Waals surface area contributed by atoms with Crippen LogP contribution < -0.4 is 14.4 Å². The Balaban J connectivity index is 1.64. The maximum absolute atomic E-state index is 12.9. The predicted molar refractivity (Wildman–Crippen MR) is 113 cm³/mol. The number of carbonyl (C=O) groups is 1. The number of nitrogens with one attached hydrogen (secondary N) is 1. The highest BCUT2D eigenvalue weighted by Crippen LogP contribution is 2.33. The van der Waals surface area contributed by atoms with Crippen molar-refractivity contribution in [2.45, 2.75) is 4.90 Å². The molecule has 0 saturated carbocycles. The molecule has 0 aliphatic carbocycles. The molecule has 2 aromatic carbocycles. The molecular formula is C19H19N3O6S2. The number of aromatic nitrogens is 1. The molecule has 11 heteroatoms. The Morgan fingerprint density at radius 3 is 2.70 bits per heavy atom. The Labute approximate surface area is 176 Å². The predicted octanol–water partition coefficient (Wildman–Crippen LogP) is 2.64. The molecule has 0 spiro atoms. The molecule has 0 bridgehead atoms. The van der Waals surface area contributed by atoms with Crippen LogP contribution in [0.2, 0.25) is 0 Å². The summed E-state index contributed by atoms with van der Waals surface area (Å²) in [4.78, 5) is 17.8. The van der Waals surface area contributed by atoms with E-state index >= 15 is 0 Å². The fourth-order valence-electron chi connectivity index (χ4n) is 3.10. The molecule has 0 unspecified atom stereocenters. The number of methoxy groups -OCH3 is 1. The number of anilines is 2. The van der Waals surface area contributed by atoms with Crippen LogP contribution in [0.25, 0.3) is 10.2 Å². The first-order valence-electron chi connectivity index (χ1n) is 9.05. The van der Waals surface area contributed by atoms with E-state index in [4.69, 9.17) is 9.47 Å². The number of carboxylic acid groups (broad SMARTS) is 1. The van der Waals surface area contributed by atoms with Crippen LogP contribution in [0.4, 0.5) is 10.8 Å². The van der Waals surface area contributed by atoms with Crippen molar-refractivity contribution in [1.82, 2.24) is 4.98 Å². The molecule has 1 aliphatic rings. The van der Waals surface area contributed by atoms with E-state index in [9.17, 15) is 18.3 Å². The maximum atomic E-state index is 12.9. The van der Waals surface area contributed by atoms with Crippen molar-refractivity contribution in [3.8, 4) is 5.75 Å². The third kappa shape index (κ3) is 4.04. The minimum Gasteiger partial charge on any atom is -0.495 e. The van der Waals surface area contributed by atoms with Gasteiger partial charge in [0.15, 0.2) is 5.13 Å². The van der Waals surface area contributed by atoms with Gasteiger partial charge in [-0.3, -0.25) is 4.72 Å². The summed E-state index contributed by atoms with van der Waals surface area (Å²) in [6.07, 6.45) is 0. The van der Waals surface area contributed by atoms with Crippen LogP contribution in [0.3, 0.4) is 0 Å². The van der Waals surface area contributed by atoms with Crippen LogP contribution in [-0.2, 0) is 14.8 Å². The van der Waals surface area contributed by atoms with Crippen molar-refractivity contribution in [1.29, 1.82) is 0 Å². The number of benzene rings is 2. The summed E-state index contributed by atoms with van der Waals surface area (Å²) in [7, 11) is -2.75. The number of fused-ring (bicyclic) bond motifs is 1. The van der Waals surface area contributed by atoms with Gasteiger partial charge < -0.3 is 19.5 Å². The Hall–Kier alpha value is -2.89. The van der Waals surface area contributed by atoms with Gasteiger partial charge in [0.25, 0.3) is 10.0 Å². The largest absolute Gasteiger partial charge is 0.495 e. The van der Waals surface area contributed by atoms with Gasteiger partial charge in [0.05, 0.1) is 41.8 Å². The number of carboxylic acids is 1. The van der Waals surface area contributed by atoms with Gasteiger partial charge in [0.1, 0.15) is 10.6 Å². The summed E-state index contributed by atoms with van der Waals surface area (Å²) in [5.74, 6) is -1.17. The van der Waals surface area contributed by atoms with E-state index in [-0.39, 0.29) is 16.2 Å². The average molecular weight is 450 g/mol. The lowest BCUT2D eigenvalue weighted by molar-refractivity contribution is 0.0696. The molecule has 2 heterocycles. The second-order valence-electron chi connectivity index (χ2n) is 6.55. The average Bonchev–Trinajstić information content (AvgIpc) is 3.17. The Morgan fingerprint density at radius 2 is 2.00 bits per heavy atom. The molecule has 158 valence electrons. The highest BCUT2D eigenvalue weighted by Gasteiger charge is 2.22. The summed E-state index contributed by atoms with van der Waals surface area (Å²) in [5.41, 5.74) is 0.974. The number of hydrogen-bond acceptors (Lipinski definition) is 8. The van der Waals surface area contributed by atoms with Crippen molar-refractivity contribution >= 4 is 48.4 Å². The first-order valence-corrected chi connectivity index (χ1v) is 11.3. The van der Waals surface area contributed by atoms with Crippen LogP contribution in [0.1, 0.15) is 10.4 Å². The Kier molecular flexibility index (Phi) is 5.50. The second-order valence-corrected chi connectivity index (χ2v) is 9.21. The lowest BCUT2D eigenvalue weighted by atomic mass is 10.2. The standard InChI is InChI=1S/C19H19N3O6S2/c1-27-15-5-2-12(18(23)24)10-17(15)30(25,26)21-13-3-4-14-16(11-13)29-19(20-14)22-6-8-28-9-7-22/h2-5,10-11,21H,6-9H2,1H3,(H,23,24). The van der Waals surface area contributed by atoms with Crippen molar-refractivity contribution in [3.05, 3.63) is 42.0 Å². The third-order valence-corrected chi connectivity index (χ3v) is 7.09. The molecule has 0 amide bonds. The normalized spacial score (nSPS) is 14.6. The van der Waals surface area contributed by atoms with Gasteiger partial charge >= 0.3 is 5.97 Å². The first kappa shape index (κ1) is 20.4. The van der Waals surface area contributed by atoms with Gasteiger partial charge in [0, 0.05) is 13.1 Å². The van der Waals surface area contributed by atoms with Gasteiger partial charge in [-0.05, 0) is 36.4 Å². The maximum Gasteiger partial charge on any atom is 0.335 e. The van der Waals surface area contributed by atoms with E-state index in [1.54, 1.807) is 18.2 Å². The van der Waals surface area contributed by atoms with Gasteiger partial charge in [0.2, 0.25) is 0 Å². The van der Waals surface area contributed by atoms with Crippen molar-refractivity contribution in [2.24, 2.45) is 0 Å². The zero-order valence-electron chi connectivity index (χ0n) is 16.0. The zero-order chi connectivity index (χ0) is 21.3. The second kappa shape index (κ2) is 8.09. The van der Waals surface area contributed by atoms with Crippen molar-refractivity contribution in [2.75, 3.05) is 43.0 Å². The lowest BCUT2D eigenvalue weighted by Gasteiger charge is -2.25. The van der Waals surface area contributed by atoms with Crippen molar-refractivity contribution < 1.29 is 27.8 Å². The number of sulfonamides is 1. The highest BCUT2D eigenvalue weighted by molar-refractivity contribution is 7.92. The van der Waals surface area contributed by atoms with Gasteiger partial charge in [-0.2, -0.15) is 0 Å². The smallest absolute Gasteiger partial charge is 0.335 e. The fraction of sp³-hybridized carbons (Fsp3) is 0.263. The minimum absolute atomic E-state index is 0.0565. The molecule has 3 aromatic rings. The van der Waals surface area contributed by atoms with Crippen LogP contribution in [0.15, 0.2) is 41.3 Å². The minimum atomic E-state index is -4.08. The number of thiazole rings is 1. The molecule has 30 heavy (non-hydrogen) atoms. The highest BCUT2D eigenvalue weighted by atomic mass is 32.2. The van der Waals surface area contributed by atoms with Crippen molar-refractivity contribution in [3.63, 3.8) is 0 Å². The van der Waals surface area contributed by atoms with Gasteiger partial charge in [-0.1, -0.05) is 11.3 Å². The van der Waals surface area contributed by atoms with E-state index in [1.807, 2.05) is 0 Å². The molecule has 4 rings (SSSR count). The molecule has 1 saturated heterocycles. The van der Waals surface area contributed by atoms with E-state index < -0.39 is 16.0 Å². The Morgan fingerprint density at radius 1 is 1.23 bits per heavy atom. The summed E-state index contributed by atoms with van der Waals surface area (Å²) < 4.78 is 39.7. The SMILES string of the molecule is COc1ccc(C(=O)O)cc1S(=O)(=O)Nc1ccc2nc(N3CCOCC3)sc2c1. The number of ether oxygens (including phenoxy) is 2. The Bertz CT molecular complexity index is 1200. The quantitative estimate of drug-likeness (QED) is 0.590. The summed E-state index contributed by atoms with van der Waals surface area (Å²) in [5, 5.41) is 10.0. The number of rotatable bonds is 6. The number of morpholine rings is 1. The molecule has 0 atom stereocenters. The molecule has 9 nitrogen and oxygen atoms in total. The molecular weight excluding hydrogens is 430 g/mol. The van der Waals surface area contributed by atoms with E-state index in [0.717, 1.165) is 34.5 Å². The monoisotopic (exact) mass is 449 g/mol. The van der Waals surface area contributed by atoms with Gasteiger partial charge in [-0.25, -0.2) is 18.2 Å². The van der Waals surface area contributed by atoms with Crippen LogP contribution in [0, 0.1) is 0 Å². The number of nitrogens with zero attached hydrogens (tertiary/aromatic N) is 2. The van der Waals surface area contributed by atoms with Gasteiger partial charge in [-0.15, -0.1) is 0 Å². The zero-order valence-corrected chi connectivity index (χ0v) is 17.6. The molecule has 2 N–H and O–H groups in total. The first-order chi connectivity index (χ1) is 14.4. The fourth-order valence-corrected chi connectivity index (χ4v) is 5.40. The van der Waals surface area contributed by atoms with Crippen LogP contribution in [0.5, 0.6) is 5.75 Å². The molecule has 1 aromatic heterocycles. The van der Waals surface area contributed by atoms with E-state index in [2.05, 4.69) is 14.6 Å². The molecule has 0 radical (unpaired) electrons. The van der Waals surface area contributed by atoms with Crippen LogP contribution >= 0.6 is 11.3 Å². The summed E-state index contributed by atoms with van der Waals surface area (Å²) >= 11 is 1.48. The summed E-state index contributed by atoms with van der Waals surface area (Å²) in [6, 6.07) is 8.76. The summed E-state index contributed by atoms with van der Waals surface area (Å²) in [6.45, 7) is 2.83. The molecule has 1 fully saturated rings.